The number of nitrogens with zero attached hydrogens (tertiary/aromatic N) is 2. The van der Waals surface area contributed by atoms with Crippen LogP contribution in [-0.4, -0.2) is 29.9 Å². The van der Waals surface area contributed by atoms with Gasteiger partial charge in [0.25, 0.3) is 5.91 Å². The van der Waals surface area contributed by atoms with E-state index in [1.807, 2.05) is 48.5 Å². The Balaban J connectivity index is 2.12. The lowest BCUT2D eigenvalue weighted by molar-refractivity contribution is -0.136. The first kappa shape index (κ1) is 17.9. The summed E-state index contributed by atoms with van der Waals surface area (Å²) in [7, 11) is 3.43. The molecule has 1 atom stereocenters. The fraction of sp³-hybridized carbons (Fsp3) is 0.158. The SMILES string of the molecule is CN(C)C(=O)[C@H](Oc1c(Br)cc(Br)c2cccnc12)c1ccccc1. The summed E-state index contributed by atoms with van der Waals surface area (Å²) in [6.07, 6.45) is 0.957. The number of halogens is 2. The summed E-state index contributed by atoms with van der Waals surface area (Å²) in [5.74, 6) is 0.410. The number of hydrogen-bond acceptors (Lipinski definition) is 3. The lowest BCUT2D eigenvalue weighted by atomic mass is 10.1. The van der Waals surface area contributed by atoms with Crippen molar-refractivity contribution in [2.24, 2.45) is 0 Å². The van der Waals surface area contributed by atoms with Crippen molar-refractivity contribution in [3.8, 4) is 5.75 Å². The van der Waals surface area contributed by atoms with Gasteiger partial charge in [0.05, 0.1) is 4.47 Å². The average Bonchev–Trinajstić information content (AvgIpc) is 2.62. The normalized spacial score (nSPS) is 12.0. The standard InChI is InChI=1S/C19H16Br2N2O2/c1-23(2)19(24)17(12-7-4-3-5-8-12)25-18-15(21)11-14(20)13-9-6-10-22-16(13)18/h3-11,17H,1-2H3/t17-/m1/s1. The highest BCUT2D eigenvalue weighted by molar-refractivity contribution is 9.11. The minimum Gasteiger partial charge on any atom is -0.472 e. The zero-order valence-electron chi connectivity index (χ0n) is 13.7. The number of fused-ring (bicyclic) bond motifs is 1. The van der Waals surface area contributed by atoms with E-state index in [1.54, 1.807) is 20.3 Å². The third-order valence-corrected chi connectivity index (χ3v) is 5.00. The molecule has 0 unspecified atom stereocenters. The molecule has 6 heteroatoms. The maximum Gasteiger partial charge on any atom is 0.267 e. The maximum atomic E-state index is 12.7. The van der Waals surface area contributed by atoms with Crippen molar-refractivity contribution in [2.75, 3.05) is 14.1 Å². The molecule has 0 fully saturated rings. The summed E-state index contributed by atoms with van der Waals surface area (Å²) in [6.45, 7) is 0. The summed E-state index contributed by atoms with van der Waals surface area (Å²) in [6, 6.07) is 15.2. The summed E-state index contributed by atoms with van der Waals surface area (Å²) < 4.78 is 7.84. The van der Waals surface area contributed by atoms with Gasteiger partial charge in [-0.25, -0.2) is 0 Å². The van der Waals surface area contributed by atoms with Gasteiger partial charge in [0, 0.05) is 35.7 Å². The van der Waals surface area contributed by atoms with E-state index >= 15 is 0 Å². The van der Waals surface area contributed by atoms with Crippen LogP contribution in [0.4, 0.5) is 0 Å². The van der Waals surface area contributed by atoms with E-state index in [0.717, 1.165) is 19.9 Å². The second-order valence-corrected chi connectivity index (χ2v) is 7.42. The monoisotopic (exact) mass is 462 g/mol. The molecular formula is C19H16Br2N2O2. The molecule has 0 spiro atoms. The molecule has 1 heterocycles. The van der Waals surface area contributed by atoms with Crippen LogP contribution in [0.15, 0.2) is 63.7 Å². The number of benzene rings is 2. The fourth-order valence-electron chi connectivity index (χ4n) is 2.50. The molecule has 0 N–H and O–H groups in total. The van der Waals surface area contributed by atoms with Crippen LogP contribution in [0.25, 0.3) is 10.9 Å². The number of carbonyl (C=O) groups is 1. The first-order valence-corrected chi connectivity index (χ1v) is 9.23. The Hall–Kier alpha value is -1.92. The molecule has 2 aromatic carbocycles. The number of carbonyl (C=O) groups excluding carboxylic acids is 1. The number of rotatable bonds is 4. The van der Waals surface area contributed by atoms with Crippen LogP contribution in [0.3, 0.4) is 0 Å². The molecule has 0 radical (unpaired) electrons. The molecule has 0 aliphatic rings. The zero-order valence-corrected chi connectivity index (χ0v) is 16.9. The molecule has 1 aromatic heterocycles. The molecule has 3 aromatic rings. The highest BCUT2D eigenvalue weighted by Crippen LogP contribution is 2.39. The number of pyridine rings is 1. The van der Waals surface area contributed by atoms with Crippen LogP contribution in [0.2, 0.25) is 0 Å². The highest BCUT2D eigenvalue weighted by atomic mass is 79.9. The topological polar surface area (TPSA) is 42.4 Å². The van der Waals surface area contributed by atoms with E-state index in [2.05, 4.69) is 36.8 Å². The van der Waals surface area contributed by atoms with Crippen molar-refractivity contribution in [1.82, 2.24) is 9.88 Å². The largest absolute Gasteiger partial charge is 0.472 e. The second kappa shape index (κ2) is 7.54. The summed E-state index contributed by atoms with van der Waals surface area (Å²) in [4.78, 5) is 18.7. The Bertz CT molecular complexity index is 914. The van der Waals surface area contributed by atoms with Crippen LogP contribution in [0.5, 0.6) is 5.75 Å². The van der Waals surface area contributed by atoms with Crippen LogP contribution in [-0.2, 0) is 4.79 Å². The third kappa shape index (κ3) is 3.70. The molecule has 25 heavy (non-hydrogen) atoms. The van der Waals surface area contributed by atoms with Gasteiger partial charge in [-0.3, -0.25) is 9.78 Å². The van der Waals surface area contributed by atoms with Crippen LogP contribution in [0.1, 0.15) is 11.7 Å². The highest BCUT2D eigenvalue weighted by Gasteiger charge is 2.26. The molecule has 4 nitrogen and oxygen atoms in total. The fourth-order valence-corrected chi connectivity index (χ4v) is 3.87. The van der Waals surface area contributed by atoms with Gasteiger partial charge in [-0.1, -0.05) is 52.3 Å². The van der Waals surface area contributed by atoms with Crippen molar-refractivity contribution in [3.05, 3.63) is 69.2 Å². The Labute approximate surface area is 163 Å². The number of amides is 1. The lowest BCUT2D eigenvalue weighted by Crippen LogP contribution is -2.31. The van der Waals surface area contributed by atoms with E-state index in [0.29, 0.717) is 11.3 Å². The number of aromatic nitrogens is 1. The summed E-state index contributed by atoms with van der Waals surface area (Å²) >= 11 is 7.08. The number of ether oxygens (including phenoxy) is 1. The summed E-state index contributed by atoms with van der Waals surface area (Å²) in [5.41, 5.74) is 1.48. The predicted octanol–water partition coefficient (Wildman–Crippen LogP) is 4.97. The van der Waals surface area contributed by atoms with Gasteiger partial charge in [-0.2, -0.15) is 0 Å². The smallest absolute Gasteiger partial charge is 0.267 e. The molecule has 0 saturated carbocycles. The average molecular weight is 464 g/mol. The molecule has 128 valence electrons. The molecule has 0 aliphatic heterocycles. The van der Waals surface area contributed by atoms with E-state index < -0.39 is 6.10 Å². The molecular weight excluding hydrogens is 448 g/mol. The van der Waals surface area contributed by atoms with E-state index in [-0.39, 0.29) is 5.91 Å². The Morgan fingerprint density at radius 3 is 2.48 bits per heavy atom. The minimum atomic E-state index is -0.751. The van der Waals surface area contributed by atoms with E-state index in [1.165, 1.54) is 4.90 Å². The van der Waals surface area contributed by atoms with Gasteiger partial charge < -0.3 is 9.64 Å². The second-order valence-electron chi connectivity index (χ2n) is 5.71. The van der Waals surface area contributed by atoms with Gasteiger partial charge in [0.1, 0.15) is 5.52 Å². The number of likely N-dealkylation sites (N-methyl/N-ethyl adjacent to an activating group) is 1. The van der Waals surface area contributed by atoms with Crippen molar-refractivity contribution >= 4 is 48.7 Å². The van der Waals surface area contributed by atoms with Gasteiger partial charge in [0.15, 0.2) is 5.75 Å². The van der Waals surface area contributed by atoms with Gasteiger partial charge in [0.2, 0.25) is 6.10 Å². The zero-order chi connectivity index (χ0) is 18.0. The quantitative estimate of drug-likeness (QED) is 0.548. The Morgan fingerprint density at radius 1 is 1.08 bits per heavy atom. The molecule has 3 rings (SSSR count). The van der Waals surface area contributed by atoms with Crippen molar-refractivity contribution < 1.29 is 9.53 Å². The van der Waals surface area contributed by atoms with Crippen molar-refractivity contribution in [1.29, 1.82) is 0 Å². The minimum absolute atomic E-state index is 0.134. The molecule has 0 aliphatic carbocycles. The Morgan fingerprint density at radius 2 is 1.80 bits per heavy atom. The maximum absolute atomic E-state index is 12.7. The molecule has 0 saturated heterocycles. The predicted molar refractivity (Wildman–Crippen MR) is 106 cm³/mol. The van der Waals surface area contributed by atoms with Crippen LogP contribution in [0, 0.1) is 0 Å². The van der Waals surface area contributed by atoms with E-state index in [4.69, 9.17) is 4.74 Å². The van der Waals surface area contributed by atoms with Crippen LogP contribution >= 0.6 is 31.9 Å². The van der Waals surface area contributed by atoms with E-state index in [9.17, 15) is 4.79 Å². The first-order valence-electron chi connectivity index (χ1n) is 7.64. The Kier molecular flexibility index (Phi) is 5.39. The summed E-state index contributed by atoms with van der Waals surface area (Å²) in [5, 5.41) is 0.921. The van der Waals surface area contributed by atoms with Crippen molar-refractivity contribution in [3.63, 3.8) is 0 Å². The van der Waals surface area contributed by atoms with Gasteiger partial charge in [-0.05, 0) is 28.1 Å². The van der Waals surface area contributed by atoms with Crippen molar-refractivity contribution in [2.45, 2.75) is 6.10 Å². The molecule has 0 bridgehead atoms. The third-order valence-electron chi connectivity index (χ3n) is 3.75. The lowest BCUT2D eigenvalue weighted by Gasteiger charge is -2.23. The van der Waals surface area contributed by atoms with Gasteiger partial charge >= 0.3 is 0 Å². The first-order chi connectivity index (χ1) is 12.0. The molecule has 1 amide bonds. The van der Waals surface area contributed by atoms with Gasteiger partial charge in [-0.15, -0.1) is 0 Å². The number of hydrogen-bond donors (Lipinski definition) is 0. The van der Waals surface area contributed by atoms with Crippen LogP contribution < -0.4 is 4.74 Å².